The monoisotopic (exact) mass is 920 g/mol. The molecule has 0 atom stereocenters. The molecule has 0 spiro atoms. The number of ketones is 1. The van der Waals surface area contributed by atoms with Gasteiger partial charge in [-0.2, -0.15) is 0 Å². The molecule has 0 bridgehead atoms. The van der Waals surface area contributed by atoms with E-state index in [0.29, 0.717) is 11.6 Å². The van der Waals surface area contributed by atoms with Gasteiger partial charge in [0.25, 0.3) is 0 Å². The molecule has 7 heteroatoms. The van der Waals surface area contributed by atoms with Gasteiger partial charge in [0.2, 0.25) is 5.71 Å². The second-order valence-electron chi connectivity index (χ2n) is 16.9. The molecule has 2 aromatic carbocycles. The first kappa shape index (κ1) is 43.7. The topological polar surface area (TPSA) is 89.4 Å². The largest absolute Gasteiger partial charge is 0.512 e. The standard InChI is InChI=1S/C33H31N2O2.C15H28O2.Ir/c1-19(2)12-25-14-22-10-9-21(16-29(22)37-25)26-17-28(35-32-30(26)20(3)18-36-32)24-13-23-8-7-11-34-31(23)27(15-24)33(4,5)6;1-7-14(5,8-2)12(16)11-13(17)15(6,9-3)10-4;/h7-11,14-19H,12H2,1-6H3;11,16H,7-10H2,1-6H3;/q-1;;/b;12-11-;. The average Bonchev–Trinajstić information content (AvgIpc) is 3.74. The maximum absolute atomic E-state index is 12.2. The van der Waals surface area contributed by atoms with Gasteiger partial charge in [-0.15, -0.1) is 18.2 Å². The van der Waals surface area contributed by atoms with Gasteiger partial charge in [0.1, 0.15) is 17.1 Å². The molecule has 0 aliphatic heterocycles. The van der Waals surface area contributed by atoms with Crippen molar-refractivity contribution in [3.63, 3.8) is 0 Å². The van der Waals surface area contributed by atoms with Crippen molar-refractivity contribution >= 4 is 38.8 Å². The van der Waals surface area contributed by atoms with Gasteiger partial charge in [0, 0.05) is 71.6 Å². The minimum Gasteiger partial charge on any atom is -0.512 e. The Morgan fingerprint density at radius 1 is 0.927 bits per heavy atom. The van der Waals surface area contributed by atoms with Crippen LogP contribution in [0.3, 0.4) is 0 Å². The number of benzene rings is 2. The van der Waals surface area contributed by atoms with Gasteiger partial charge >= 0.3 is 0 Å². The summed E-state index contributed by atoms with van der Waals surface area (Å²) in [5, 5.41) is 13.3. The number of carbonyl (C=O) groups is 1. The van der Waals surface area contributed by atoms with Crippen molar-refractivity contribution in [2.24, 2.45) is 16.7 Å². The minimum absolute atomic E-state index is 0. The van der Waals surface area contributed by atoms with Crippen LogP contribution in [0.15, 0.2) is 81.7 Å². The molecule has 0 amide bonds. The Kier molecular flexibility index (Phi) is 13.8. The second-order valence-corrected chi connectivity index (χ2v) is 16.9. The van der Waals surface area contributed by atoms with Crippen LogP contribution in [0.2, 0.25) is 0 Å². The molecule has 0 saturated heterocycles. The first-order valence-corrected chi connectivity index (χ1v) is 19.7. The number of aliphatic hydroxyl groups is 1. The maximum atomic E-state index is 12.2. The van der Waals surface area contributed by atoms with Gasteiger partial charge in [0.15, 0.2) is 5.78 Å². The van der Waals surface area contributed by atoms with Crippen LogP contribution < -0.4 is 0 Å². The van der Waals surface area contributed by atoms with Gasteiger partial charge in [-0.1, -0.05) is 117 Å². The second kappa shape index (κ2) is 17.4. The van der Waals surface area contributed by atoms with E-state index in [9.17, 15) is 9.90 Å². The van der Waals surface area contributed by atoms with Crippen molar-refractivity contribution in [1.82, 2.24) is 9.97 Å². The summed E-state index contributed by atoms with van der Waals surface area (Å²) in [7, 11) is 0. The number of hydrogen-bond acceptors (Lipinski definition) is 6. The van der Waals surface area contributed by atoms with Gasteiger partial charge in [0.05, 0.1) is 6.26 Å². The van der Waals surface area contributed by atoms with E-state index in [2.05, 4.69) is 95.1 Å². The number of allylic oxidation sites excluding steroid dienone is 2. The summed E-state index contributed by atoms with van der Waals surface area (Å²) in [6, 6.07) is 20.5. The zero-order chi connectivity index (χ0) is 39.6. The van der Waals surface area contributed by atoms with Crippen LogP contribution in [0.5, 0.6) is 0 Å². The number of pyridine rings is 2. The fraction of sp³-hybridized carbons (Fsp3) is 0.438. The maximum Gasteiger partial charge on any atom is 0.219 e. The predicted octanol–water partition coefficient (Wildman–Crippen LogP) is 13.7. The molecule has 1 N–H and O–H groups in total. The Hall–Kier alpha value is -4.06. The van der Waals surface area contributed by atoms with Crippen molar-refractivity contribution in [2.75, 3.05) is 0 Å². The summed E-state index contributed by atoms with van der Waals surface area (Å²) in [5.74, 6) is 1.85. The number of furan rings is 2. The van der Waals surface area contributed by atoms with Crippen LogP contribution in [0, 0.1) is 29.7 Å². The molecule has 4 heterocycles. The molecule has 0 saturated carbocycles. The number of fused-ring (bicyclic) bond motifs is 3. The Balaban J connectivity index is 0.000000320. The zero-order valence-electron chi connectivity index (χ0n) is 34.9. The number of aryl methyl sites for hydroxylation is 1. The molecule has 55 heavy (non-hydrogen) atoms. The number of rotatable bonds is 11. The fourth-order valence-corrected chi connectivity index (χ4v) is 6.82. The van der Waals surface area contributed by atoms with Crippen LogP contribution in [-0.2, 0) is 36.7 Å². The van der Waals surface area contributed by atoms with Crippen LogP contribution >= 0.6 is 0 Å². The number of aromatic nitrogens is 2. The molecule has 6 nitrogen and oxygen atoms in total. The number of hydrogen-bond donors (Lipinski definition) is 1. The first-order valence-electron chi connectivity index (χ1n) is 19.7. The summed E-state index contributed by atoms with van der Waals surface area (Å²) < 4.78 is 12.2. The van der Waals surface area contributed by atoms with E-state index in [1.807, 2.05) is 53.8 Å². The van der Waals surface area contributed by atoms with Gasteiger partial charge < -0.3 is 13.9 Å². The average molecular weight is 920 g/mol. The van der Waals surface area contributed by atoms with Crippen molar-refractivity contribution in [3.05, 3.63) is 95.8 Å². The normalized spacial score (nSPS) is 12.6. The first-order chi connectivity index (χ1) is 25.5. The van der Waals surface area contributed by atoms with Gasteiger partial charge in [-0.3, -0.25) is 14.8 Å². The smallest absolute Gasteiger partial charge is 0.219 e. The SMILES string of the molecule is CCC(C)(CC)C(=O)/C=C(\O)C(C)(CC)CC.Cc1coc2nc(-c3[c-]c4cccnc4c(C(C)(C)C)c3)cc(-c3ccc4cc(CC(C)C)oc4c3)c12.[Ir]. The Morgan fingerprint density at radius 2 is 1.60 bits per heavy atom. The summed E-state index contributed by atoms with van der Waals surface area (Å²) in [6.07, 6.45) is 9.31. The Labute approximate surface area is 341 Å². The summed E-state index contributed by atoms with van der Waals surface area (Å²) in [6.45, 7) is 25.2. The molecule has 1 radical (unpaired) electrons. The number of carbonyl (C=O) groups excluding carboxylic acids is 1. The Morgan fingerprint density at radius 3 is 2.22 bits per heavy atom. The summed E-state index contributed by atoms with van der Waals surface area (Å²) in [5.41, 5.74) is 7.97. The van der Waals surface area contributed by atoms with E-state index in [1.54, 1.807) is 6.26 Å². The zero-order valence-corrected chi connectivity index (χ0v) is 37.3. The third-order valence-corrected chi connectivity index (χ3v) is 11.5. The van der Waals surface area contributed by atoms with E-state index in [-0.39, 0.29) is 47.9 Å². The van der Waals surface area contributed by atoms with Crippen molar-refractivity contribution in [2.45, 2.75) is 121 Å². The third kappa shape index (κ3) is 9.33. The predicted molar refractivity (Wildman–Crippen MR) is 224 cm³/mol. The number of nitrogens with zero attached hydrogens (tertiary/aromatic N) is 2. The molecule has 0 unspecified atom stereocenters. The van der Waals surface area contributed by atoms with Crippen LogP contribution in [0.4, 0.5) is 0 Å². The van der Waals surface area contributed by atoms with E-state index in [1.165, 1.54) is 11.6 Å². The molecule has 0 aliphatic carbocycles. The third-order valence-electron chi connectivity index (χ3n) is 11.5. The number of aliphatic hydroxyl groups excluding tert-OH is 1. The molecule has 0 fully saturated rings. The Bertz CT molecular complexity index is 2290. The van der Waals surface area contributed by atoms with E-state index in [4.69, 9.17) is 13.8 Å². The molecule has 295 valence electrons. The molecule has 4 aromatic heterocycles. The molecule has 0 aliphatic rings. The quantitative estimate of drug-likeness (QED) is 0.0791. The molecule has 6 aromatic rings. The van der Waals surface area contributed by atoms with Gasteiger partial charge in [-0.05, 0) is 72.8 Å². The van der Waals surface area contributed by atoms with Crippen molar-refractivity contribution in [3.8, 4) is 22.4 Å². The fourth-order valence-electron chi connectivity index (χ4n) is 6.82. The van der Waals surface area contributed by atoms with E-state index < -0.39 is 0 Å². The van der Waals surface area contributed by atoms with Gasteiger partial charge in [-0.25, -0.2) is 0 Å². The molecular formula is C48H59IrN2O4-. The van der Waals surface area contributed by atoms with E-state index >= 15 is 0 Å². The minimum atomic E-state index is -0.337. The van der Waals surface area contributed by atoms with Crippen LogP contribution in [-0.4, -0.2) is 20.9 Å². The molecular weight excluding hydrogens is 861 g/mol. The van der Waals surface area contributed by atoms with Crippen LogP contribution in [0.25, 0.3) is 55.4 Å². The summed E-state index contributed by atoms with van der Waals surface area (Å²) in [4.78, 5) is 21.8. The van der Waals surface area contributed by atoms with Crippen molar-refractivity contribution < 1.29 is 38.8 Å². The molecule has 6 rings (SSSR count). The van der Waals surface area contributed by atoms with Crippen LogP contribution in [0.1, 0.15) is 119 Å². The van der Waals surface area contributed by atoms with Crippen molar-refractivity contribution in [1.29, 1.82) is 0 Å². The summed E-state index contributed by atoms with van der Waals surface area (Å²) >= 11 is 0. The van der Waals surface area contributed by atoms with E-state index in [0.717, 1.165) is 93.1 Å².